The number of nitrogens with one attached hydrogen (secondary N) is 2. The van der Waals surface area contributed by atoms with E-state index in [0.717, 1.165) is 99.0 Å². The minimum Gasteiger partial charge on any atom is -0.381 e. The monoisotopic (exact) mass is 628 g/mol. The number of carbonyl (C=O) groups is 2. The van der Waals surface area contributed by atoms with Crippen LogP contribution in [0, 0.1) is 20.8 Å². The van der Waals surface area contributed by atoms with Gasteiger partial charge in [0.05, 0.1) is 6.54 Å². The molecular formula is C36H48N6O4. The summed E-state index contributed by atoms with van der Waals surface area (Å²) < 4.78 is 5.66. The van der Waals surface area contributed by atoms with Crippen LogP contribution in [0.1, 0.15) is 58.1 Å². The third kappa shape index (κ3) is 8.04. The second kappa shape index (κ2) is 15.1. The number of hydrogen-bond acceptors (Lipinski definition) is 7. The molecule has 10 nitrogen and oxygen atoms in total. The van der Waals surface area contributed by atoms with E-state index in [-0.39, 0.29) is 23.9 Å². The van der Waals surface area contributed by atoms with Crippen molar-refractivity contribution in [2.45, 2.75) is 59.7 Å². The number of nitrogens with zero attached hydrogens (tertiary/aromatic N) is 3. The second-order valence-electron chi connectivity index (χ2n) is 12.6. The first-order valence-corrected chi connectivity index (χ1v) is 16.4. The van der Waals surface area contributed by atoms with Crippen LogP contribution < -0.4 is 21.5 Å². The molecule has 2 fully saturated rings. The highest BCUT2D eigenvalue weighted by molar-refractivity contribution is 5.99. The smallest absolute Gasteiger partial charge is 0.253 e. The van der Waals surface area contributed by atoms with Crippen molar-refractivity contribution in [2.24, 2.45) is 5.73 Å². The van der Waals surface area contributed by atoms with Gasteiger partial charge in [0.2, 0.25) is 5.91 Å². The number of carbonyl (C=O) groups excluding carboxylic acids is 2. The molecule has 0 atom stereocenters. The minimum atomic E-state index is -0.282. The summed E-state index contributed by atoms with van der Waals surface area (Å²) in [6, 6.07) is 15.0. The van der Waals surface area contributed by atoms with Gasteiger partial charge in [-0.25, -0.2) is 0 Å². The third-order valence-corrected chi connectivity index (χ3v) is 9.36. The van der Waals surface area contributed by atoms with E-state index >= 15 is 0 Å². The average Bonchev–Trinajstić information content (AvgIpc) is 3.03. The molecule has 0 bridgehead atoms. The minimum absolute atomic E-state index is 0.155. The first kappa shape index (κ1) is 33.4. The van der Waals surface area contributed by atoms with Crippen molar-refractivity contribution in [3.8, 4) is 11.1 Å². The maximum absolute atomic E-state index is 13.8. The van der Waals surface area contributed by atoms with Crippen molar-refractivity contribution in [1.82, 2.24) is 20.1 Å². The summed E-state index contributed by atoms with van der Waals surface area (Å²) >= 11 is 0. The van der Waals surface area contributed by atoms with Crippen molar-refractivity contribution in [3.63, 3.8) is 0 Å². The van der Waals surface area contributed by atoms with Crippen LogP contribution >= 0.6 is 0 Å². The maximum Gasteiger partial charge on any atom is 0.253 e. The molecule has 4 N–H and O–H groups in total. The second-order valence-corrected chi connectivity index (χ2v) is 12.6. The highest BCUT2D eigenvalue weighted by atomic mass is 16.5. The number of anilines is 1. The van der Waals surface area contributed by atoms with Gasteiger partial charge in [0.25, 0.3) is 11.5 Å². The maximum atomic E-state index is 13.8. The fourth-order valence-corrected chi connectivity index (χ4v) is 6.77. The Morgan fingerprint density at radius 2 is 1.65 bits per heavy atom. The van der Waals surface area contributed by atoms with Crippen LogP contribution in [-0.4, -0.2) is 85.1 Å². The van der Waals surface area contributed by atoms with Gasteiger partial charge in [-0.1, -0.05) is 24.3 Å². The number of aryl methyl sites for hydroxylation is 2. The number of piperazine rings is 1. The van der Waals surface area contributed by atoms with E-state index in [0.29, 0.717) is 23.7 Å². The molecule has 2 aliphatic rings. The van der Waals surface area contributed by atoms with E-state index in [9.17, 15) is 14.4 Å². The Morgan fingerprint density at radius 1 is 0.978 bits per heavy atom. The van der Waals surface area contributed by atoms with Gasteiger partial charge >= 0.3 is 0 Å². The molecule has 0 unspecified atom stereocenters. The zero-order valence-corrected chi connectivity index (χ0v) is 27.7. The van der Waals surface area contributed by atoms with Crippen molar-refractivity contribution in [1.29, 1.82) is 0 Å². The fourth-order valence-electron chi connectivity index (χ4n) is 6.77. The lowest BCUT2D eigenvalue weighted by atomic mass is 9.94. The first-order chi connectivity index (χ1) is 22.1. The molecule has 3 aromatic rings. The first-order valence-electron chi connectivity index (χ1n) is 16.4. The molecule has 1 aromatic heterocycles. The predicted molar refractivity (Wildman–Crippen MR) is 182 cm³/mol. The van der Waals surface area contributed by atoms with E-state index in [4.69, 9.17) is 10.5 Å². The summed E-state index contributed by atoms with van der Waals surface area (Å²) in [5.41, 5.74) is 13.2. The highest BCUT2D eigenvalue weighted by Crippen LogP contribution is 2.34. The lowest BCUT2D eigenvalue weighted by molar-refractivity contribution is -0.119. The molecule has 3 heterocycles. The van der Waals surface area contributed by atoms with E-state index < -0.39 is 0 Å². The van der Waals surface area contributed by atoms with Gasteiger partial charge < -0.3 is 25.7 Å². The number of primary amides is 1. The van der Waals surface area contributed by atoms with Crippen molar-refractivity contribution in [3.05, 3.63) is 86.3 Å². The normalized spacial score (nSPS) is 16.3. The molecule has 0 radical (unpaired) electrons. The van der Waals surface area contributed by atoms with Gasteiger partial charge in [-0.15, -0.1) is 0 Å². The number of aromatic amines is 1. The zero-order chi connectivity index (χ0) is 32.8. The molecule has 46 heavy (non-hydrogen) atoms. The number of ether oxygens (including phenoxy) is 1. The van der Waals surface area contributed by atoms with Gasteiger partial charge in [0, 0.05) is 87.6 Å². The van der Waals surface area contributed by atoms with Crippen LogP contribution in [0.3, 0.4) is 0 Å². The summed E-state index contributed by atoms with van der Waals surface area (Å²) in [5, 5.41) is 3.04. The summed E-state index contributed by atoms with van der Waals surface area (Å²) in [5.74, 6) is -0.481. The topological polar surface area (TPSA) is 124 Å². The van der Waals surface area contributed by atoms with Gasteiger partial charge in [0.15, 0.2) is 0 Å². The number of amides is 2. The lowest BCUT2D eigenvalue weighted by Crippen LogP contribution is -2.48. The van der Waals surface area contributed by atoms with Crippen LogP contribution in [0.25, 0.3) is 11.1 Å². The molecule has 0 spiro atoms. The zero-order valence-electron chi connectivity index (χ0n) is 27.7. The van der Waals surface area contributed by atoms with Crippen LogP contribution in [-0.2, 0) is 22.6 Å². The largest absolute Gasteiger partial charge is 0.381 e. The number of rotatable bonds is 11. The van der Waals surface area contributed by atoms with Crippen LogP contribution in [0.2, 0.25) is 0 Å². The Morgan fingerprint density at radius 3 is 2.28 bits per heavy atom. The van der Waals surface area contributed by atoms with E-state index in [1.54, 1.807) is 0 Å². The van der Waals surface area contributed by atoms with E-state index in [1.165, 1.54) is 5.56 Å². The molecule has 5 rings (SSSR count). The standard InChI is InChI=1S/C36H48N6O4/c1-5-42(30-10-16-46-17-11-30)33-20-29(19-31(26(33)4)35(44)38-21-32-24(2)18-25(3)39-36(32)45)28-8-6-27(7-9-28)22-40-12-14-41(15-13-40)23-34(37)43/h6-9,18-20,30H,5,10-17,21-23H2,1-4H3,(H2,37,43)(H,38,44)(H,39,45). The molecule has 0 aliphatic carbocycles. The quantitative estimate of drug-likeness (QED) is 0.297. The number of H-pyrrole nitrogens is 1. The Hall–Kier alpha value is -3.99. The molecular weight excluding hydrogens is 580 g/mol. The summed E-state index contributed by atoms with van der Waals surface area (Å²) in [7, 11) is 0. The van der Waals surface area contributed by atoms with Gasteiger partial charge in [0.1, 0.15) is 0 Å². The van der Waals surface area contributed by atoms with E-state index in [1.807, 2.05) is 32.9 Å². The number of aromatic nitrogens is 1. The molecule has 246 valence electrons. The Labute approximate surface area is 271 Å². The van der Waals surface area contributed by atoms with Crippen molar-refractivity contribution in [2.75, 3.05) is 57.4 Å². The number of pyridine rings is 1. The van der Waals surface area contributed by atoms with Crippen LogP contribution in [0.15, 0.2) is 47.3 Å². The molecule has 10 heteroatoms. The number of hydrogen-bond donors (Lipinski definition) is 3. The Balaban J connectivity index is 1.40. The van der Waals surface area contributed by atoms with Crippen LogP contribution in [0.4, 0.5) is 5.69 Å². The van der Waals surface area contributed by atoms with Crippen molar-refractivity contribution < 1.29 is 14.3 Å². The Bertz CT molecular complexity index is 1590. The Kier molecular flexibility index (Phi) is 10.9. The lowest BCUT2D eigenvalue weighted by Gasteiger charge is -2.37. The van der Waals surface area contributed by atoms with Gasteiger partial charge in [-0.05, 0) is 86.6 Å². The van der Waals surface area contributed by atoms with Gasteiger partial charge in [-0.3, -0.25) is 24.2 Å². The number of benzene rings is 2. The summed E-state index contributed by atoms with van der Waals surface area (Å²) in [6.45, 7) is 15.0. The molecule has 2 saturated heterocycles. The molecule has 0 saturated carbocycles. The third-order valence-electron chi connectivity index (χ3n) is 9.36. The average molecular weight is 629 g/mol. The molecule has 2 aliphatic heterocycles. The highest BCUT2D eigenvalue weighted by Gasteiger charge is 2.25. The van der Waals surface area contributed by atoms with Crippen LogP contribution in [0.5, 0.6) is 0 Å². The molecule has 2 amide bonds. The van der Waals surface area contributed by atoms with E-state index in [2.05, 4.69) is 62.3 Å². The molecule has 2 aromatic carbocycles. The SMILES string of the molecule is CCN(c1cc(-c2ccc(CN3CCN(CC(N)=O)CC3)cc2)cc(C(=O)NCc2c(C)cc(C)[nH]c2=O)c1C)C1CCOCC1. The van der Waals surface area contributed by atoms with Crippen molar-refractivity contribution >= 4 is 17.5 Å². The fraction of sp³-hybridized carbons (Fsp3) is 0.472. The summed E-state index contributed by atoms with van der Waals surface area (Å²) in [6.07, 6.45) is 1.89. The summed E-state index contributed by atoms with van der Waals surface area (Å²) in [4.78, 5) is 47.5. The predicted octanol–water partition coefficient (Wildman–Crippen LogP) is 3.51. The number of nitrogens with two attached hydrogens (primary N) is 1. The van der Waals surface area contributed by atoms with Gasteiger partial charge in [-0.2, -0.15) is 0 Å².